The maximum atomic E-state index is 13.0. The smallest absolute Gasteiger partial charge is 0.306 e. The maximum absolute atomic E-state index is 13.0. The van der Waals surface area contributed by atoms with E-state index in [-0.39, 0.29) is 31.1 Å². The van der Waals surface area contributed by atoms with E-state index in [2.05, 4.69) is 93.7 Å². The predicted molar refractivity (Wildman–Crippen MR) is 348 cm³/mol. The summed E-state index contributed by atoms with van der Waals surface area (Å²) < 4.78 is 17.0. The molecule has 0 saturated carbocycles. The Labute approximate surface area is 497 Å². The Kier molecular flexibility index (Phi) is 65.7. The van der Waals surface area contributed by atoms with Gasteiger partial charge in [0.05, 0.1) is 0 Å². The lowest BCUT2D eigenvalue weighted by atomic mass is 10.0. The van der Waals surface area contributed by atoms with Crippen LogP contribution in [0.15, 0.2) is 72.9 Å². The van der Waals surface area contributed by atoms with Crippen molar-refractivity contribution in [1.82, 2.24) is 0 Å². The molecular weight excluding hydrogens is 985 g/mol. The zero-order valence-electron chi connectivity index (χ0n) is 53.3. The maximum Gasteiger partial charge on any atom is 0.306 e. The highest BCUT2D eigenvalue weighted by Gasteiger charge is 2.19. The lowest BCUT2D eigenvalue weighted by Gasteiger charge is -2.18. The molecular formula is C74H132O6. The summed E-state index contributed by atoms with van der Waals surface area (Å²) in [5.74, 6) is -0.877. The normalized spacial score (nSPS) is 12.5. The van der Waals surface area contributed by atoms with Crippen LogP contribution in [0.4, 0.5) is 0 Å². The summed E-state index contributed by atoms with van der Waals surface area (Å²) in [6.45, 7) is 6.57. The molecule has 1 unspecified atom stereocenters. The van der Waals surface area contributed by atoms with Gasteiger partial charge in [0, 0.05) is 19.3 Å². The monoisotopic (exact) mass is 1120 g/mol. The van der Waals surface area contributed by atoms with Crippen molar-refractivity contribution in [2.45, 2.75) is 367 Å². The van der Waals surface area contributed by atoms with E-state index in [0.29, 0.717) is 19.3 Å². The van der Waals surface area contributed by atoms with Gasteiger partial charge in [-0.3, -0.25) is 14.4 Å². The van der Waals surface area contributed by atoms with Gasteiger partial charge >= 0.3 is 17.9 Å². The molecule has 0 spiro atoms. The van der Waals surface area contributed by atoms with E-state index in [1.807, 2.05) is 0 Å². The first kappa shape index (κ1) is 76.9. The summed E-state index contributed by atoms with van der Waals surface area (Å²) >= 11 is 0. The van der Waals surface area contributed by atoms with Crippen molar-refractivity contribution in [2.75, 3.05) is 13.2 Å². The molecule has 0 aromatic rings. The molecule has 0 aromatic heterocycles. The quantitative estimate of drug-likeness (QED) is 0.0261. The lowest BCUT2D eigenvalue weighted by molar-refractivity contribution is -0.167. The first-order valence-corrected chi connectivity index (χ1v) is 34.9. The molecule has 6 nitrogen and oxygen atoms in total. The number of carbonyl (C=O) groups excluding carboxylic acids is 3. The van der Waals surface area contributed by atoms with Crippen LogP contribution in [0.5, 0.6) is 0 Å². The van der Waals surface area contributed by atoms with Crippen LogP contribution in [0.2, 0.25) is 0 Å². The summed E-state index contributed by atoms with van der Waals surface area (Å²) in [6.07, 6.45) is 89.2. The van der Waals surface area contributed by atoms with Crippen molar-refractivity contribution in [3.8, 4) is 0 Å². The lowest BCUT2D eigenvalue weighted by Crippen LogP contribution is -2.30. The van der Waals surface area contributed by atoms with E-state index >= 15 is 0 Å². The van der Waals surface area contributed by atoms with E-state index < -0.39 is 6.10 Å². The largest absolute Gasteiger partial charge is 0.462 e. The van der Waals surface area contributed by atoms with Crippen LogP contribution in [-0.4, -0.2) is 37.2 Å². The fourth-order valence-electron chi connectivity index (χ4n) is 10.2. The van der Waals surface area contributed by atoms with Gasteiger partial charge in [0.25, 0.3) is 0 Å². The number of rotatable bonds is 64. The topological polar surface area (TPSA) is 78.9 Å². The molecule has 0 aliphatic carbocycles. The van der Waals surface area contributed by atoms with Crippen molar-refractivity contribution < 1.29 is 28.6 Å². The van der Waals surface area contributed by atoms with E-state index in [0.717, 1.165) is 109 Å². The van der Waals surface area contributed by atoms with Gasteiger partial charge in [-0.2, -0.15) is 0 Å². The number of allylic oxidation sites excluding steroid dienone is 12. The number of ether oxygens (including phenoxy) is 3. The Morgan fingerprint density at radius 2 is 0.487 bits per heavy atom. The van der Waals surface area contributed by atoms with E-state index in [9.17, 15) is 14.4 Å². The zero-order valence-corrected chi connectivity index (χ0v) is 53.3. The van der Waals surface area contributed by atoms with E-state index in [4.69, 9.17) is 14.2 Å². The van der Waals surface area contributed by atoms with Crippen LogP contribution >= 0.6 is 0 Å². The van der Waals surface area contributed by atoms with E-state index in [1.54, 1.807) is 0 Å². The summed E-state index contributed by atoms with van der Waals surface area (Å²) in [7, 11) is 0. The minimum atomic E-state index is -0.787. The van der Waals surface area contributed by atoms with Gasteiger partial charge in [0.1, 0.15) is 13.2 Å². The summed E-state index contributed by atoms with van der Waals surface area (Å²) in [5.41, 5.74) is 0. The summed E-state index contributed by atoms with van der Waals surface area (Å²) in [4.78, 5) is 38.5. The Bertz CT molecular complexity index is 1470. The molecule has 80 heavy (non-hydrogen) atoms. The molecule has 0 radical (unpaired) electrons. The molecule has 0 fully saturated rings. The van der Waals surface area contributed by atoms with Gasteiger partial charge < -0.3 is 14.2 Å². The molecule has 464 valence electrons. The van der Waals surface area contributed by atoms with E-state index in [1.165, 1.54) is 212 Å². The molecule has 0 bridgehead atoms. The fraction of sp³-hybridized carbons (Fsp3) is 0.797. The number of carbonyl (C=O) groups is 3. The number of hydrogen-bond acceptors (Lipinski definition) is 6. The third kappa shape index (κ3) is 65.7. The Hall–Kier alpha value is -3.15. The molecule has 6 heteroatoms. The molecule has 0 rings (SSSR count). The SMILES string of the molecule is CC/C=C\C/C=C\C/C=C\C/C=C\C/C=C\CCCCCCCC(=O)OC(COC(=O)CCCCCCCCCCCCC/C=C\CCCCCCCCCC)COC(=O)CCCCCCCCCCCCCCCCCCCC. The van der Waals surface area contributed by atoms with Crippen LogP contribution in [-0.2, 0) is 28.6 Å². The zero-order chi connectivity index (χ0) is 57.8. The highest BCUT2D eigenvalue weighted by Crippen LogP contribution is 2.18. The molecule has 0 aromatic carbocycles. The van der Waals surface area contributed by atoms with Gasteiger partial charge in [-0.05, 0) is 89.9 Å². The first-order valence-electron chi connectivity index (χ1n) is 34.9. The van der Waals surface area contributed by atoms with Crippen LogP contribution < -0.4 is 0 Å². The Balaban J connectivity index is 4.37. The summed E-state index contributed by atoms with van der Waals surface area (Å²) in [6, 6.07) is 0. The van der Waals surface area contributed by atoms with Crippen molar-refractivity contribution in [3.63, 3.8) is 0 Å². The third-order valence-electron chi connectivity index (χ3n) is 15.4. The molecule has 1 atom stereocenters. The number of esters is 3. The van der Waals surface area contributed by atoms with Gasteiger partial charge in [-0.15, -0.1) is 0 Å². The highest BCUT2D eigenvalue weighted by molar-refractivity contribution is 5.71. The average Bonchev–Trinajstić information content (AvgIpc) is 3.46. The molecule has 0 saturated heterocycles. The van der Waals surface area contributed by atoms with Gasteiger partial charge in [0.2, 0.25) is 0 Å². The van der Waals surface area contributed by atoms with Gasteiger partial charge in [0.15, 0.2) is 6.10 Å². The van der Waals surface area contributed by atoms with Gasteiger partial charge in [-0.25, -0.2) is 0 Å². The molecule has 0 aliphatic rings. The first-order chi connectivity index (χ1) is 39.5. The third-order valence-corrected chi connectivity index (χ3v) is 15.4. The van der Waals surface area contributed by atoms with Crippen molar-refractivity contribution in [2.24, 2.45) is 0 Å². The van der Waals surface area contributed by atoms with Crippen molar-refractivity contribution in [3.05, 3.63) is 72.9 Å². The Morgan fingerprint density at radius 3 is 0.775 bits per heavy atom. The second kappa shape index (κ2) is 68.3. The minimum absolute atomic E-state index is 0.0799. The van der Waals surface area contributed by atoms with Gasteiger partial charge in [-0.1, -0.05) is 325 Å². The highest BCUT2D eigenvalue weighted by atomic mass is 16.6. The standard InChI is InChI=1S/C74H132O6/c1-4-7-10-13-16-19-22-25-28-31-34-36-37-39-40-43-46-49-52-55-58-61-64-67-73(76)79-70-71(69-78-72(75)66-63-60-57-54-51-48-45-42-33-30-27-24-21-18-15-12-9-6-3)80-74(77)68-65-62-59-56-53-50-47-44-41-38-35-32-29-26-23-20-17-14-11-8-5-2/h8,11,17,20,26,29,31,34-35,38,44,47,71H,4-7,9-10,12-16,18-19,21-25,27-28,30,32-33,36-37,39-43,45-46,48-70H2,1-3H3/b11-8-,20-17-,29-26-,34-31-,38-35-,47-44-. The minimum Gasteiger partial charge on any atom is -0.462 e. The summed E-state index contributed by atoms with van der Waals surface area (Å²) in [5, 5.41) is 0. The molecule has 0 heterocycles. The van der Waals surface area contributed by atoms with Crippen LogP contribution in [0, 0.1) is 0 Å². The number of hydrogen-bond donors (Lipinski definition) is 0. The second-order valence-electron chi connectivity index (χ2n) is 23.4. The average molecular weight is 1120 g/mol. The number of unbranched alkanes of at least 4 members (excludes halogenated alkanes) is 41. The van der Waals surface area contributed by atoms with Crippen molar-refractivity contribution in [1.29, 1.82) is 0 Å². The molecule has 0 amide bonds. The van der Waals surface area contributed by atoms with Crippen molar-refractivity contribution >= 4 is 17.9 Å². The molecule has 0 aliphatic heterocycles. The fourth-order valence-corrected chi connectivity index (χ4v) is 10.2. The van der Waals surface area contributed by atoms with Crippen LogP contribution in [0.3, 0.4) is 0 Å². The van der Waals surface area contributed by atoms with Crippen LogP contribution in [0.25, 0.3) is 0 Å². The van der Waals surface area contributed by atoms with Crippen LogP contribution in [0.1, 0.15) is 361 Å². The predicted octanol–water partition coefficient (Wildman–Crippen LogP) is 24.1. The second-order valence-corrected chi connectivity index (χ2v) is 23.4. The Morgan fingerprint density at radius 1 is 0.263 bits per heavy atom. The molecule has 0 N–H and O–H groups in total.